The topological polar surface area (TPSA) is 96.6 Å². The molecule has 4 heterocycles. The van der Waals surface area contributed by atoms with Crippen LogP contribution in [-0.4, -0.2) is 72.8 Å². The summed E-state index contributed by atoms with van der Waals surface area (Å²) < 4.78 is 81.8. The zero-order chi connectivity index (χ0) is 33.8. The number of alkyl halides is 3. The SMILES string of the molecule is C=CC(O)N1[C@H](C)CN(c2nc(=O)n3c4c(c(-c5cc(Br)c(F)cc5F)c(C(F)(F)F)cc24)SC[C@@H](Oc2ncccn2)C3)C[C@@H]1C. The molecule has 6 rings (SSSR count). The van der Waals surface area contributed by atoms with E-state index in [1.165, 1.54) is 23.0 Å². The zero-order valence-corrected chi connectivity index (χ0v) is 27.4. The van der Waals surface area contributed by atoms with Crippen molar-refractivity contribution in [3.63, 3.8) is 0 Å². The van der Waals surface area contributed by atoms with Crippen molar-refractivity contribution in [2.75, 3.05) is 23.7 Å². The van der Waals surface area contributed by atoms with Crippen LogP contribution >= 0.6 is 27.7 Å². The van der Waals surface area contributed by atoms with Crippen molar-refractivity contribution in [1.29, 1.82) is 0 Å². The molecule has 0 aliphatic carbocycles. The molecule has 248 valence electrons. The number of rotatable bonds is 6. The first-order chi connectivity index (χ1) is 22.3. The first kappa shape index (κ1) is 33.3. The van der Waals surface area contributed by atoms with Gasteiger partial charge >= 0.3 is 17.9 Å². The molecule has 0 saturated carbocycles. The molecule has 2 aliphatic rings. The molecule has 47 heavy (non-hydrogen) atoms. The number of piperazine rings is 1. The van der Waals surface area contributed by atoms with Crippen molar-refractivity contribution in [2.45, 2.75) is 55.9 Å². The van der Waals surface area contributed by atoms with E-state index in [-0.39, 0.29) is 69.6 Å². The number of aromatic nitrogens is 4. The molecule has 2 aromatic heterocycles. The van der Waals surface area contributed by atoms with Crippen LogP contribution in [0.5, 0.6) is 6.01 Å². The van der Waals surface area contributed by atoms with Crippen molar-refractivity contribution in [2.24, 2.45) is 0 Å². The number of benzene rings is 2. The Morgan fingerprint density at radius 2 is 1.79 bits per heavy atom. The van der Waals surface area contributed by atoms with Crippen LogP contribution in [0.15, 0.2) is 63.5 Å². The third-order valence-corrected chi connectivity index (χ3v) is 10.0. The Balaban J connectivity index is 1.62. The monoisotopic (exact) mass is 738 g/mol. The molecule has 4 aromatic rings. The van der Waals surface area contributed by atoms with E-state index >= 15 is 17.6 Å². The van der Waals surface area contributed by atoms with Gasteiger partial charge in [0.1, 0.15) is 29.8 Å². The summed E-state index contributed by atoms with van der Waals surface area (Å²) >= 11 is 3.94. The summed E-state index contributed by atoms with van der Waals surface area (Å²) in [6, 6.07) is 3.35. The highest BCUT2D eigenvalue weighted by molar-refractivity contribution is 9.10. The molecule has 2 aromatic carbocycles. The number of aliphatic hydroxyl groups excluding tert-OH is 1. The normalized spacial score (nSPS) is 21.0. The van der Waals surface area contributed by atoms with Crippen LogP contribution in [-0.2, 0) is 12.7 Å². The molecule has 16 heteroatoms. The summed E-state index contributed by atoms with van der Waals surface area (Å²) in [5, 5.41) is 10.5. The summed E-state index contributed by atoms with van der Waals surface area (Å²) in [5.74, 6) is -2.13. The minimum Gasteiger partial charge on any atom is -0.457 e. The lowest BCUT2D eigenvalue weighted by Gasteiger charge is -2.46. The average molecular weight is 740 g/mol. The van der Waals surface area contributed by atoms with Crippen LogP contribution < -0.4 is 15.3 Å². The summed E-state index contributed by atoms with van der Waals surface area (Å²) in [5.41, 5.74) is -2.84. The van der Waals surface area contributed by atoms with Gasteiger partial charge in [0.25, 0.3) is 0 Å². The fourth-order valence-corrected chi connectivity index (χ4v) is 7.89. The van der Waals surface area contributed by atoms with Crippen LogP contribution in [0.2, 0.25) is 0 Å². The minimum atomic E-state index is -4.99. The Morgan fingerprint density at radius 1 is 1.11 bits per heavy atom. The summed E-state index contributed by atoms with van der Waals surface area (Å²) in [4.78, 5) is 29.8. The quantitative estimate of drug-likeness (QED) is 0.148. The molecule has 9 nitrogen and oxygen atoms in total. The molecule has 1 N–H and O–H groups in total. The largest absolute Gasteiger partial charge is 0.457 e. The Kier molecular flexibility index (Phi) is 9.06. The highest BCUT2D eigenvalue weighted by Gasteiger charge is 2.40. The maximum Gasteiger partial charge on any atom is 0.417 e. The highest BCUT2D eigenvalue weighted by atomic mass is 79.9. The van der Waals surface area contributed by atoms with Crippen LogP contribution in [0.3, 0.4) is 0 Å². The number of thioether (sulfide) groups is 1. The Hall–Kier alpha value is -3.60. The maximum absolute atomic E-state index is 15.5. The van der Waals surface area contributed by atoms with Gasteiger partial charge in [0, 0.05) is 70.8 Å². The van der Waals surface area contributed by atoms with Gasteiger partial charge in [-0.3, -0.25) is 9.47 Å². The van der Waals surface area contributed by atoms with Crippen molar-refractivity contribution in [1.82, 2.24) is 24.4 Å². The second-order valence-electron chi connectivity index (χ2n) is 11.4. The standard InChI is InChI=1S/C31H28BrF5N6O3S/c1-4-24(44)43-15(2)11-41(12-16(43)3)28-19-8-20(31(35,36)37)25(18-9-21(32)23(34)10-22(18)33)27-26(19)42(30(45)40-28)13-17(14-47-27)46-29-38-6-5-7-39-29/h4-10,15-17,24,44H,1,11-14H2,2-3H3/t15-,16+,17-,24?/m0/s1. The van der Waals surface area contributed by atoms with Crippen LogP contribution in [0.1, 0.15) is 19.4 Å². The second-order valence-corrected chi connectivity index (χ2v) is 13.3. The van der Waals surface area contributed by atoms with Crippen molar-refractivity contribution >= 4 is 44.4 Å². The van der Waals surface area contributed by atoms with E-state index in [9.17, 15) is 14.3 Å². The third kappa shape index (κ3) is 6.23. The number of hydrogen-bond donors (Lipinski definition) is 1. The summed E-state index contributed by atoms with van der Waals surface area (Å²) in [6.45, 7) is 7.67. The lowest BCUT2D eigenvalue weighted by atomic mass is 9.95. The van der Waals surface area contributed by atoms with E-state index < -0.39 is 52.5 Å². The minimum absolute atomic E-state index is 0.00481. The van der Waals surface area contributed by atoms with Gasteiger partial charge in [0.05, 0.1) is 22.1 Å². The van der Waals surface area contributed by atoms with Gasteiger partial charge in [0.15, 0.2) is 0 Å². The van der Waals surface area contributed by atoms with Gasteiger partial charge in [-0.1, -0.05) is 6.58 Å². The number of nitrogens with zero attached hydrogens (tertiary/aromatic N) is 6. The molecule has 2 aliphatic heterocycles. The Morgan fingerprint density at radius 3 is 2.43 bits per heavy atom. The fourth-order valence-electron chi connectivity index (χ4n) is 6.30. The maximum atomic E-state index is 15.5. The van der Waals surface area contributed by atoms with E-state index in [0.29, 0.717) is 6.07 Å². The molecule has 0 radical (unpaired) electrons. The van der Waals surface area contributed by atoms with E-state index in [1.807, 2.05) is 18.7 Å². The predicted molar refractivity (Wildman–Crippen MR) is 170 cm³/mol. The van der Waals surface area contributed by atoms with E-state index in [1.54, 1.807) is 11.0 Å². The van der Waals surface area contributed by atoms with Gasteiger partial charge in [-0.25, -0.2) is 23.5 Å². The fraction of sp³-hybridized carbons (Fsp3) is 0.355. The number of halogens is 6. The molecular weight excluding hydrogens is 711 g/mol. The smallest absolute Gasteiger partial charge is 0.417 e. The number of aliphatic hydroxyl groups is 1. The van der Waals surface area contributed by atoms with Gasteiger partial charge in [0.2, 0.25) is 0 Å². The number of hydrogen-bond acceptors (Lipinski definition) is 9. The van der Waals surface area contributed by atoms with Gasteiger partial charge in [-0.05, 0) is 54.1 Å². The van der Waals surface area contributed by atoms with E-state index in [4.69, 9.17) is 4.74 Å². The predicted octanol–water partition coefficient (Wildman–Crippen LogP) is 5.87. The molecule has 1 unspecified atom stereocenters. The lowest BCUT2D eigenvalue weighted by Crippen LogP contribution is -2.60. The van der Waals surface area contributed by atoms with E-state index in [0.717, 1.165) is 23.9 Å². The van der Waals surface area contributed by atoms with Gasteiger partial charge in [-0.15, -0.1) is 11.8 Å². The van der Waals surface area contributed by atoms with Crippen LogP contribution in [0.4, 0.5) is 27.8 Å². The molecule has 1 fully saturated rings. The molecule has 0 bridgehead atoms. The molecule has 0 amide bonds. The van der Waals surface area contributed by atoms with Crippen LogP contribution in [0, 0.1) is 11.6 Å². The summed E-state index contributed by atoms with van der Waals surface area (Å²) in [7, 11) is 0. The van der Waals surface area contributed by atoms with Crippen molar-refractivity contribution < 1.29 is 31.8 Å². The molecule has 0 spiro atoms. The third-order valence-electron chi connectivity index (χ3n) is 8.20. The lowest BCUT2D eigenvalue weighted by molar-refractivity contribution is -0.137. The molecule has 1 saturated heterocycles. The Bertz CT molecular complexity index is 1900. The van der Waals surface area contributed by atoms with Gasteiger partial charge < -0.3 is 14.7 Å². The number of anilines is 1. The van der Waals surface area contributed by atoms with Gasteiger partial charge in [-0.2, -0.15) is 18.2 Å². The average Bonchev–Trinajstić information content (AvgIpc) is 3.20. The van der Waals surface area contributed by atoms with Crippen LogP contribution in [0.25, 0.3) is 22.0 Å². The first-order valence-electron chi connectivity index (χ1n) is 14.5. The van der Waals surface area contributed by atoms with Crippen molar-refractivity contribution in [3.8, 4) is 17.1 Å². The second kappa shape index (κ2) is 12.8. The highest BCUT2D eigenvalue weighted by Crippen LogP contribution is 2.49. The zero-order valence-electron chi connectivity index (χ0n) is 25.0. The molecule has 4 atom stereocenters. The Labute approximate surface area is 278 Å². The van der Waals surface area contributed by atoms with Crippen molar-refractivity contribution in [3.05, 3.63) is 81.5 Å². The number of ether oxygens (including phenoxy) is 1. The summed E-state index contributed by atoms with van der Waals surface area (Å²) in [6.07, 6.45) is -2.43. The molecular formula is C31H28BrF5N6O3S. The van der Waals surface area contributed by atoms with E-state index in [2.05, 4.69) is 37.5 Å². The first-order valence-corrected chi connectivity index (χ1v) is 16.3.